The Labute approximate surface area is 112 Å². The summed E-state index contributed by atoms with van der Waals surface area (Å²) in [7, 11) is 1.72. The summed E-state index contributed by atoms with van der Waals surface area (Å²) in [5.41, 5.74) is 0.613. The molecule has 19 heavy (non-hydrogen) atoms. The fourth-order valence-electron chi connectivity index (χ4n) is 2.22. The van der Waals surface area contributed by atoms with Gasteiger partial charge in [-0.2, -0.15) is 5.10 Å². The van der Waals surface area contributed by atoms with E-state index >= 15 is 0 Å². The lowest BCUT2D eigenvalue weighted by Gasteiger charge is -2.29. The fraction of sp³-hybridized carbons (Fsp3) is 0.615. The third-order valence-corrected chi connectivity index (χ3v) is 2.90. The maximum absolute atomic E-state index is 12.2. The van der Waals surface area contributed by atoms with Crippen molar-refractivity contribution in [3.05, 3.63) is 11.3 Å². The highest BCUT2D eigenvalue weighted by Gasteiger charge is 2.34. The van der Waals surface area contributed by atoms with Gasteiger partial charge in [0.25, 0.3) is 0 Å². The molecule has 1 aliphatic heterocycles. The van der Waals surface area contributed by atoms with Crippen LogP contribution in [0.15, 0.2) is 0 Å². The average molecular weight is 265 g/mol. The van der Waals surface area contributed by atoms with Crippen LogP contribution in [0, 0.1) is 6.92 Å². The highest BCUT2D eigenvalue weighted by molar-refractivity contribution is 6.07. The Morgan fingerprint density at radius 2 is 2.00 bits per heavy atom. The SMILES string of the molecule is Cc1nn(C)c2c1C(=O)CCN2C(=O)OC(C)(C)C. The first kappa shape index (κ1) is 13.6. The highest BCUT2D eigenvalue weighted by Crippen LogP contribution is 2.30. The van der Waals surface area contributed by atoms with Crippen molar-refractivity contribution in [1.82, 2.24) is 9.78 Å². The number of fused-ring (bicyclic) bond motifs is 1. The molecule has 1 aliphatic rings. The minimum Gasteiger partial charge on any atom is -0.443 e. The lowest BCUT2D eigenvalue weighted by atomic mass is 10.0. The summed E-state index contributed by atoms with van der Waals surface area (Å²) in [5.74, 6) is 0.559. The van der Waals surface area contributed by atoms with Gasteiger partial charge in [0, 0.05) is 20.0 Å². The Morgan fingerprint density at radius 3 is 2.58 bits per heavy atom. The molecule has 0 N–H and O–H groups in total. The molecular formula is C13H19N3O3. The van der Waals surface area contributed by atoms with Crippen molar-refractivity contribution in [3.8, 4) is 0 Å². The molecule has 0 saturated carbocycles. The maximum Gasteiger partial charge on any atom is 0.416 e. The van der Waals surface area contributed by atoms with Crippen LogP contribution in [0.5, 0.6) is 0 Å². The molecule has 6 heteroatoms. The molecule has 0 radical (unpaired) electrons. The van der Waals surface area contributed by atoms with Crippen LogP contribution in [0.3, 0.4) is 0 Å². The number of Topliss-reactive ketones (excluding diaryl/α,β-unsaturated/α-hetero) is 1. The first-order valence-electron chi connectivity index (χ1n) is 6.28. The van der Waals surface area contributed by atoms with E-state index in [-0.39, 0.29) is 5.78 Å². The van der Waals surface area contributed by atoms with Crippen LogP contribution in [-0.2, 0) is 11.8 Å². The van der Waals surface area contributed by atoms with E-state index in [4.69, 9.17) is 4.74 Å². The van der Waals surface area contributed by atoms with Gasteiger partial charge in [-0.1, -0.05) is 0 Å². The van der Waals surface area contributed by atoms with E-state index in [0.29, 0.717) is 30.0 Å². The number of hydrogen-bond acceptors (Lipinski definition) is 4. The Morgan fingerprint density at radius 1 is 1.37 bits per heavy atom. The molecule has 0 aliphatic carbocycles. The van der Waals surface area contributed by atoms with E-state index in [1.807, 2.05) is 20.8 Å². The van der Waals surface area contributed by atoms with Gasteiger partial charge in [-0.15, -0.1) is 0 Å². The van der Waals surface area contributed by atoms with E-state index in [2.05, 4.69) is 5.10 Å². The summed E-state index contributed by atoms with van der Waals surface area (Å²) < 4.78 is 6.93. The number of aromatic nitrogens is 2. The number of rotatable bonds is 0. The quantitative estimate of drug-likeness (QED) is 0.720. The molecule has 1 amide bonds. The first-order valence-corrected chi connectivity index (χ1v) is 6.28. The third kappa shape index (κ3) is 2.47. The van der Waals surface area contributed by atoms with Crippen molar-refractivity contribution in [1.29, 1.82) is 0 Å². The van der Waals surface area contributed by atoms with E-state index in [1.54, 1.807) is 18.7 Å². The van der Waals surface area contributed by atoms with Crippen LogP contribution in [0.2, 0.25) is 0 Å². The molecule has 0 saturated heterocycles. The summed E-state index contributed by atoms with van der Waals surface area (Å²) in [6.07, 6.45) is -0.136. The van der Waals surface area contributed by atoms with Crippen LogP contribution in [-0.4, -0.2) is 33.8 Å². The lowest BCUT2D eigenvalue weighted by molar-refractivity contribution is 0.0575. The minimum atomic E-state index is -0.563. The Hall–Kier alpha value is -1.85. The van der Waals surface area contributed by atoms with Gasteiger partial charge in [0.15, 0.2) is 5.78 Å². The van der Waals surface area contributed by atoms with Gasteiger partial charge in [0.2, 0.25) is 0 Å². The number of anilines is 1. The predicted octanol–water partition coefficient (Wildman–Crippen LogP) is 2.06. The second-order valence-corrected chi connectivity index (χ2v) is 5.71. The molecule has 2 heterocycles. The number of nitrogens with zero attached hydrogens (tertiary/aromatic N) is 3. The van der Waals surface area contributed by atoms with Crippen LogP contribution in [0.4, 0.5) is 10.6 Å². The number of carbonyl (C=O) groups excluding carboxylic acids is 2. The van der Waals surface area contributed by atoms with Gasteiger partial charge in [-0.3, -0.25) is 14.4 Å². The zero-order valence-corrected chi connectivity index (χ0v) is 12.0. The van der Waals surface area contributed by atoms with Crippen LogP contribution >= 0.6 is 0 Å². The first-order chi connectivity index (χ1) is 8.70. The molecule has 1 aromatic heterocycles. The van der Waals surface area contributed by atoms with Crippen molar-refractivity contribution in [2.24, 2.45) is 7.05 Å². The van der Waals surface area contributed by atoms with Crippen molar-refractivity contribution in [2.75, 3.05) is 11.4 Å². The van der Waals surface area contributed by atoms with E-state index in [0.717, 1.165) is 0 Å². The smallest absolute Gasteiger partial charge is 0.416 e. The number of hydrogen-bond donors (Lipinski definition) is 0. The van der Waals surface area contributed by atoms with Crippen molar-refractivity contribution in [3.63, 3.8) is 0 Å². The van der Waals surface area contributed by atoms with Crippen molar-refractivity contribution in [2.45, 2.75) is 39.7 Å². The molecule has 0 aromatic carbocycles. The van der Waals surface area contributed by atoms with Gasteiger partial charge in [-0.05, 0) is 27.7 Å². The zero-order valence-electron chi connectivity index (χ0n) is 12.0. The van der Waals surface area contributed by atoms with Gasteiger partial charge >= 0.3 is 6.09 Å². The predicted molar refractivity (Wildman–Crippen MR) is 70.5 cm³/mol. The average Bonchev–Trinajstić information content (AvgIpc) is 2.53. The van der Waals surface area contributed by atoms with Crippen LogP contribution < -0.4 is 4.90 Å². The van der Waals surface area contributed by atoms with Crippen LogP contribution in [0.25, 0.3) is 0 Å². The fourth-order valence-corrected chi connectivity index (χ4v) is 2.22. The van der Waals surface area contributed by atoms with Crippen molar-refractivity contribution < 1.29 is 14.3 Å². The summed E-state index contributed by atoms with van der Waals surface area (Å²) in [6, 6.07) is 0. The van der Waals surface area contributed by atoms with Gasteiger partial charge in [-0.25, -0.2) is 4.79 Å². The molecule has 0 atom stereocenters. The summed E-state index contributed by atoms with van der Waals surface area (Å²) in [6.45, 7) is 7.55. The van der Waals surface area contributed by atoms with Crippen LogP contribution in [0.1, 0.15) is 43.2 Å². The molecule has 0 fully saturated rings. The highest BCUT2D eigenvalue weighted by atomic mass is 16.6. The Bertz CT molecular complexity index is 540. The second kappa shape index (κ2) is 4.36. The summed E-state index contributed by atoms with van der Waals surface area (Å²) in [5, 5.41) is 4.22. The largest absolute Gasteiger partial charge is 0.443 e. The maximum atomic E-state index is 12.2. The van der Waals surface area contributed by atoms with Gasteiger partial charge < -0.3 is 4.74 Å². The molecular weight excluding hydrogens is 246 g/mol. The number of carbonyl (C=O) groups is 2. The molecule has 2 rings (SSSR count). The number of ether oxygens (including phenoxy) is 1. The number of ketones is 1. The normalized spacial score (nSPS) is 15.4. The molecule has 0 bridgehead atoms. The Balaban J connectivity index is 2.39. The Kier molecular flexibility index (Phi) is 3.12. The number of amides is 1. The van der Waals surface area contributed by atoms with Crippen molar-refractivity contribution >= 4 is 17.7 Å². The van der Waals surface area contributed by atoms with E-state index < -0.39 is 11.7 Å². The summed E-state index contributed by atoms with van der Waals surface area (Å²) in [4.78, 5) is 25.6. The molecule has 6 nitrogen and oxygen atoms in total. The number of aryl methyl sites for hydroxylation is 2. The minimum absolute atomic E-state index is 0.0282. The molecule has 0 spiro atoms. The van der Waals surface area contributed by atoms with Gasteiger partial charge in [0.05, 0.1) is 11.3 Å². The summed E-state index contributed by atoms with van der Waals surface area (Å²) >= 11 is 0. The molecule has 0 unspecified atom stereocenters. The van der Waals surface area contributed by atoms with E-state index in [1.165, 1.54) is 4.90 Å². The second-order valence-electron chi connectivity index (χ2n) is 5.71. The molecule has 104 valence electrons. The lowest BCUT2D eigenvalue weighted by Crippen LogP contribution is -2.42. The topological polar surface area (TPSA) is 64.4 Å². The zero-order chi connectivity index (χ0) is 14.4. The third-order valence-electron chi connectivity index (χ3n) is 2.90. The monoisotopic (exact) mass is 265 g/mol. The molecule has 1 aromatic rings. The van der Waals surface area contributed by atoms with Gasteiger partial charge in [0.1, 0.15) is 11.4 Å². The standard InChI is InChI=1S/C13H19N3O3/c1-8-10-9(17)6-7-16(11(10)15(5)14-8)12(18)19-13(2,3)4/h6-7H2,1-5H3. The van der Waals surface area contributed by atoms with E-state index in [9.17, 15) is 9.59 Å².